The number of hydrazine groups is 1. The van der Waals surface area contributed by atoms with Crippen molar-refractivity contribution in [2.75, 3.05) is 0 Å². The second kappa shape index (κ2) is 8.71. The summed E-state index contributed by atoms with van der Waals surface area (Å²) in [6, 6.07) is 16.7. The minimum Gasteiger partial charge on any atom is -0.267 e. The minimum atomic E-state index is -0.462. The third-order valence-electron chi connectivity index (χ3n) is 4.64. The molecular weight excluding hydrogens is 434 g/mol. The Morgan fingerprint density at radius 2 is 1.65 bits per heavy atom. The van der Waals surface area contributed by atoms with E-state index in [0.29, 0.717) is 26.9 Å². The average Bonchev–Trinajstić information content (AvgIpc) is 3.36. The Kier molecular flexibility index (Phi) is 5.83. The quantitative estimate of drug-likeness (QED) is 0.452. The fraction of sp³-hybridized carbons (Fsp3) is 0.0909. The Morgan fingerprint density at radius 1 is 0.968 bits per heavy atom. The van der Waals surface area contributed by atoms with Crippen LogP contribution in [-0.2, 0) is 0 Å². The molecule has 7 nitrogen and oxygen atoms in total. The van der Waals surface area contributed by atoms with Gasteiger partial charge < -0.3 is 0 Å². The van der Waals surface area contributed by atoms with E-state index in [1.807, 2.05) is 42.5 Å². The van der Waals surface area contributed by atoms with Crippen LogP contribution in [-0.4, -0.2) is 26.6 Å². The summed E-state index contributed by atoms with van der Waals surface area (Å²) in [5.74, 6) is -0.884. The van der Waals surface area contributed by atoms with Gasteiger partial charge in [0.25, 0.3) is 11.8 Å². The highest BCUT2D eigenvalue weighted by Gasteiger charge is 2.19. The number of carbonyl (C=O) groups excluding carboxylic acids is 2. The van der Waals surface area contributed by atoms with E-state index in [-0.39, 0.29) is 0 Å². The molecule has 0 saturated heterocycles. The number of benzene rings is 2. The van der Waals surface area contributed by atoms with E-state index in [9.17, 15) is 9.59 Å². The number of aromatic nitrogens is 3. The molecule has 4 rings (SSSR count). The van der Waals surface area contributed by atoms with Gasteiger partial charge in [0.15, 0.2) is 0 Å². The van der Waals surface area contributed by atoms with Crippen LogP contribution in [0.25, 0.3) is 16.3 Å². The average molecular weight is 452 g/mol. The van der Waals surface area contributed by atoms with Gasteiger partial charge in [-0.25, -0.2) is 9.67 Å². The standard InChI is InChI=1S/C22H18ClN5O2S/c1-13-19(31-22(25-13)15-6-4-3-5-7-15)21(30)27-26-20(29)18-12-24-28(14(18)2)17-10-8-16(23)9-11-17/h3-12H,1-2H3,(H,26,29)(H,27,30). The molecule has 0 aliphatic heterocycles. The molecule has 31 heavy (non-hydrogen) atoms. The number of thiazole rings is 1. The summed E-state index contributed by atoms with van der Waals surface area (Å²) in [4.78, 5) is 30.1. The van der Waals surface area contributed by atoms with Crippen LogP contribution in [0.2, 0.25) is 5.02 Å². The highest BCUT2D eigenvalue weighted by Crippen LogP contribution is 2.27. The molecule has 0 radical (unpaired) electrons. The van der Waals surface area contributed by atoms with E-state index in [4.69, 9.17) is 11.6 Å². The van der Waals surface area contributed by atoms with Crippen LogP contribution in [0.5, 0.6) is 0 Å². The van der Waals surface area contributed by atoms with Gasteiger partial charge in [0.1, 0.15) is 9.88 Å². The van der Waals surface area contributed by atoms with E-state index in [0.717, 1.165) is 16.3 Å². The third kappa shape index (κ3) is 4.35. The molecule has 2 aromatic heterocycles. The molecule has 0 saturated carbocycles. The zero-order chi connectivity index (χ0) is 22.0. The Labute approximate surface area is 187 Å². The summed E-state index contributed by atoms with van der Waals surface area (Å²) in [6.07, 6.45) is 1.46. The van der Waals surface area contributed by atoms with E-state index in [2.05, 4.69) is 20.9 Å². The lowest BCUT2D eigenvalue weighted by Gasteiger charge is -2.07. The largest absolute Gasteiger partial charge is 0.281 e. The first-order chi connectivity index (χ1) is 14.9. The van der Waals surface area contributed by atoms with Gasteiger partial charge in [-0.1, -0.05) is 41.9 Å². The highest BCUT2D eigenvalue weighted by atomic mass is 35.5. The SMILES string of the molecule is Cc1nc(-c2ccccc2)sc1C(=O)NNC(=O)c1cnn(-c2ccc(Cl)cc2)c1C. The van der Waals surface area contributed by atoms with Crippen molar-refractivity contribution in [3.05, 3.63) is 87.6 Å². The van der Waals surface area contributed by atoms with Crippen molar-refractivity contribution in [3.8, 4) is 16.3 Å². The zero-order valence-corrected chi connectivity index (χ0v) is 18.3. The Morgan fingerprint density at radius 3 is 2.35 bits per heavy atom. The number of nitrogens with one attached hydrogen (secondary N) is 2. The molecule has 2 N–H and O–H groups in total. The Bertz CT molecular complexity index is 1250. The summed E-state index contributed by atoms with van der Waals surface area (Å²) in [6.45, 7) is 3.54. The second-order valence-corrected chi connectivity index (χ2v) is 8.18. The maximum absolute atomic E-state index is 12.6. The van der Waals surface area contributed by atoms with Crippen molar-refractivity contribution in [3.63, 3.8) is 0 Å². The molecule has 0 spiro atoms. The van der Waals surface area contributed by atoms with Crippen molar-refractivity contribution >= 4 is 34.8 Å². The van der Waals surface area contributed by atoms with Crippen molar-refractivity contribution in [2.24, 2.45) is 0 Å². The molecule has 2 aromatic carbocycles. The van der Waals surface area contributed by atoms with Crippen molar-refractivity contribution in [1.29, 1.82) is 0 Å². The van der Waals surface area contributed by atoms with Gasteiger partial charge in [0.2, 0.25) is 0 Å². The van der Waals surface area contributed by atoms with Crippen LogP contribution >= 0.6 is 22.9 Å². The van der Waals surface area contributed by atoms with E-state index >= 15 is 0 Å². The van der Waals surface area contributed by atoms with Gasteiger partial charge in [0.05, 0.1) is 28.8 Å². The van der Waals surface area contributed by atoms with Gasteiger partial charge in [-0.05, 0) is 38.1 Å². The first-order valence-corrected chi connectivity index (χ1v) is 10.6. The number of rotatable bonds is 4. The monoisotopic (exact) mass is 451 g/mol. The molecule has 9 heteroatoms. The Balaban J connectivity index is 1.45. The van der Waals surface area contributed by atoms with Crippen LogP contribution in [0.3, 0.4) is 0 Å². The molecule has 2 amide bonds. The zero-order valence-electron chi connectivity index (χ0n) is 16.7. The van der Waals surface area contributed by atoms with E-state index in [1.54, 1.807) is 30.7 Å². The molecule has 0 unspecified atom stereocenters. The molecule has 0 bridgehead atoms. The van der Waals surface area contributed by atoms with Crippen molar-refractivity contribution < 1.29 is 9.59 Å². The summed E-state index contributed by atoms with van der Waals surface area (Å²) in [5.41, 5.74) is 8.21. The second-order valence-electron chi connectivity index (χ2n) is 6.74. The van der Waals surface area contributed by atoms with Crippen molar-refractivity contribution in [2.45, 2.75) is 13.8 Å². The molecular formula is C22H18ClN5O2S. The normalized spacial score (nSPS) is 10.7. The number of hydrogen-bond donors (Lipinski definition) is 2. The van der Waals surface area contributed by atoms with E-state index < -0.39 is 11.8 Å². The molecule has 0 aliphatic carbocycles. The fourth-order valence-corrected chi connectivity index (χ4v) is 4.12. The van der Waals surface area contributed by atoms with Crippen LogP contribution < -0.4 is 10.9 Å². The van der Waals surface area contributed by atoms with Gasteiger partial charge in [-0.3, -0.25) is 20.4 Å². The summed E-state index contributed by atoms with van der Waals surface area (Å²) < 4.78 is 1.63. The lowest BCUT2D eigenvalue weighted by Crippen LogP contribution is -2.41. The lowest BCUT2D eigenvalue weighted by atomic mass is 10.2. The maximum Gasteiger partial charge on any atom is 0.281 e. The van der Waals surface area contributed by atoms with Crippen molar-refractivity contribution in [1.82, 2.24) is 25.6 Å². The summed E-state index contributed by atoms with van der Waals surface area (Å²) in [7, 11) is 0. The predicted octanol–water partition coefficient (Wildman–Crippen LogP) is 4.34. The van der Waals surface area contributed by atoms with Gasteiger partial charge >= 0.3 is 0 Å². The molecule has 0 aliphatic rings. The molecule has 2 heterocycles. The number of amides is 2. The number of hydrogen-bond acceptors (Lipinski definition) is 5. The number of halogens is 1. The van der Waals surface area contributed by atoms with Gasteiger partial charge in [0, 0.05) is 10.6 Å². The number of nitrogens with zero attached hydrogens (tertiary/aromatic N) is 3. The van der Waals surface area contributed by atoms with Crippen LogP contribution in [0.15, 0.2) is 60.8 Å². The van der Waals surface area contributed by atoms with E-state index in [1.165, 1.54) is 17.5 Å². The molecule has 156 valence electrons. The first-order valence-electron chi connectivity index (χ1n) is 9.38. The molecule has 4 aromatic rings. The number of aryl methyl sites for hydroxylation is 1. The van der Waals surface area contributed by atoms with Crippen LogP contribution in [0, 0.1) is 13.8 Å². The minimum absolute atomic E-state index is 0.348. The lowest BCUT2D eigenvalue weighted by molar-refractivity contribution is 0.0848. The topological polar surface area (TPSA) is 88.9 Å². The Hall–Kier alpha value is -3.49. The third-order valence-corrected chi connectivity index (χ3v) is 6.10. The van der Waals surface area contributed by atoms with Gasteiger partial charge in [-0.2, -0.15) is 5.10 Å². The molecule has 0 atom stereocenters. The highest BCUT2D eigenvalue weighted by molar-refractivity contribution is 7.17. The fourth-order valence-electron chi connectivity index (χ4n) is 3.02. The van der Waals surface area contributed by atoms with Crippen LogP contribution in [0.4, 0.5) is 0 Å². The summed E-state index contributed by atoms with van der Waals surface area (Å²) >= 11 is 7.20. The molecule has 0 fully saturated rings. The van der Waals surface area contributed by atoms with Gasteiger partial charge in [-0.15, -0.1) is 11.3 Å². The predicted molar refractivity (Wildman–Crippen MR) is 121 cm³/mol. The number of carbonyl (C=O) groups is 2. The summed E-state index contributed by atoms with van der Waals surface area (Å²) in [5, 5.41) is 5.62. The maximum atomic E-state index is 12.6. The first kappa shape index (κ1) is 20.8. The smallest absolute Gasteiger partial charge is 0.267 e. The van der Waals surface area contributed by atoms with Crippen LogP contribution in [0.1, 0.15) is 31.4 Å².